The second kappa shape index (κ2) is 9.61. The van der Waals surface area contributed by atoms with Crippen molar-refractivity contribution >= 4 is 11.5 Å². The van der Waals surface area contributed by atoms with E-state index in [9.17, 15) is 4.79 Å². The molecular weight excluding hydrogens is 358 g/mol. The number of carbonyl (C=O) groups excluding carboxylic acids is 1. The molecular formula is C26H25NO2. The van der Waals surface area contributed by atoms with Crippen molar-refractivity contribution in [3.05, 3.63) is 95.1 Å². The summed E-state index contributed by atoms with van der Waals surface area (Å²) < 4.78 is 5.53. The lowest BCUT2D eigenvalue weighted by Crippen LogP contribution is -2.09. The van der Waals surface area contributed by atoms with Crippen LogP contribution >= 0.6 is 0 Å². The van der Waals surface area contributed by atoms with Crippen molar-refractivity contribution in [1.82, 2.24) is 0 Å². The number of ether oxygens (including phenoxy) is 1. The van der Waals surface area contributed by atoms with E-state index < -0.39 is 0 Å². The van der Waals surface area contributed by atoms with Crippen LogP contribution < -0.4 is 10.1 Å². The molecule has 3 aromatic carbocycles. The lowest BCUT2D eigenvalue weighted by molar-refractivity contribution is 0.103. The van der Waals surface area contributed by atoms with Crippen LogP contribution in [0.15, 0.2) is 72.8 Å². The van der Waals surface area contributed by atoms with Gasteiger partial charge < -0.3 is 10.1 Å². The molecule has 3 heteroatoms. The molecule has 0 aliphatic carbocycles. The average Bonchev–Trinajstić information content (AvgIpc) is 2.76. The van der Waals surface area contributed by atoms with Crippen molar-refractivity contribution in [2.24, 2.45) is 0 Å². The lowest BCUT2D eigenvalue weighted by Gasteiger charge is -2.14. The van der Waals surface area contributed by atoms with Crippen LogP contribution in [0.4, 0.5) is 5.69 Å². The zero-order valence-corrected chi connectivity index (χ0v) is 16.8. The normalized spacial score (nSPS) is 10.4. The first-order chi connectivity index (χ1) is 14.1. The Morgan fingerprint density at radius 3 is 2.41 bits per heavy atom. The van der Waals surface area contributed by atoms with E-state index in [1.807, 2.05) is 66.7 Å². The fourth-order valence-corrected chi connectivity index (χ4v) is 3.05. The molecule has 0 saturated heterocycles. The largest absolute Gasteiger partial charge is 0.481 e. The van der Waals surface area contributed by atoms with E-state index in [0.717, 1.165) is 11.3 Å². The Hall–Kier alpha value is -3.51. The summed E-state index contributed by atoms with van der Waals surface area (Å²) in [6.45, 7) is 5.05. The molecule has 0 radical (unpaired) electrons. The summed E-state index contributed by atoms with van der Waals surface area (Å²) in [4.78, 5) is 13.2. The summed E-state index contributed by atoms with van der Waals surface area (Å²) in [6.07, 6.45) is 5.29. The topological polar surface area (TPSA) is 38.3 Å². The summed E-state index contributed by atoms with van der Waals surface area (Å²) in [5.74, 6) is 3.40. The van der Waals surface area contributed by atoms with Gasteiger partial charge in [-0.1, -0.05) is 74.4 Å². The maximum absolute atomic E-state index is 13.2. The van der Waals surface area contributed by atoms with E-state index >= 15 is 0 Å². The molecule has 29 heavy (non-hydrogen) atoms. The Morgan fingerprint density at radius 2 is 1.76 bits per heavy atom. The summed E-state index contributed by atoms with van der Waals surface area (Å²) in [5.41, 5.74) is 4.31. The van der Waals surface area contributed by atoms with E-state index in [2.05, 4.69) is 25.1 Å². The van der Waals surface area contributed by atoms with Gasteiger partial charge in [0, 0.05) is 23.4 Å². The van der Waals surface area contributed by atoms with Gasteiger partial charge in [0.05, 0.1) is 0 Å². The van der Waals surface area contributed by atoms with Crippen LogP contribution in [-0.2, 0) is 6.54 Å². The van der Waals surface area contributed by atoms with Crippen LogP contribution in [0.3, 0.4) is 0 Å². The zero-order valence-electron chi connectivity index (χ0n) is 16.8. The molecule has 0 atom stereocenters. The molecule has 0 saturated carbocycles. The number of hydrogen-bond acceptors (Lipinski definition) is 3. The molecule has 3 nitrogen and oxygen atoms in total. The second-order valence-electron chi connectivity index (χ2n) is 7.15. The van der Waals surface area contributed by atoms with Crippen LogP contribution in [0.2, 0.25) is 0 Å². The third-order valence-electron chi connectivity index (χ3n) is 4.72. The van der Waals surface area contributed by atoms with Gasteiger partial charge >= 0.3 is 0 Å². The van der Waals surface area contributed by atoms with E-state index in [4.69, 9.17) is 11.2 Å². The van der Waals surface area contributed by atoms with E-state index in [1.54, 1.807) is 6.07 Å². The molecule has 1 N–H and O–H groups in total. The van der Waals surface area contributed by atoms with Crippen LogP contribution in [-0.4, -0.2) is 12.4 Å². The first-order valence-corrected chi connectivity index (χ1v) is 9.71. The Kier molecular flexibility index (Phi) is 6.71. The van der Waals surface area contributed by atoms with Gasteiger partial charge in [-0.25, -0.2) is 0 Å². The average molecular weight is 383 g/mol. The number of benzene rings is 3. The molecule has 0 unspecified atom stereocenters. The number of nitrogens with one attached hydrogen (secondary N) is 1. The zero-order chi connectivity index (χ0) is 20.6. The van der Waals surface area contributed by atoms with Crippen molar-refractivity contribution < 1.29 is 9.53 Å². The minimum absolute atomic E-state index is 0.0537. The highest BCUT2D eigenvalue weighted by molar-refractivity contribution is 6.12. The summed E-state index contributed by atoms with van der Waals surface area (Å²) in [5, 5.41) is 3.38. The van der Waals surface area contributed by atoms with Crippen LogP contribution in [0.5, 0.6) is 5.75 Å². The number of terminal acetylenes is 1. The molecule has 3 rings (SSSR count). The van der Waals surface area contributed by atoms with Gasteiger partial charge in [0.25, 0.3) is 0 Å². The van der Waals surface area contributed by atoms with Crippen molar-refractivity contribution in [1.29, 1.82) is 0 Å². The molecule has 0 spiro atoms. The van der Waals surface area contributed by atoms with Crippen molar-refractivity contribution in [3.8, 4) is 18.1 Å². The molecule has 0 amide bonds. The van der Waals surface area contributed by atoms with Crippen molar-refractivity contribution in [3.63, 3.8) is 0 Å². The molecule has 0 fully saturated rings. The fraction of sp³-hybridized carbons (Fsp3) is 0.192. The highest BCUT2D eigenvalue weighted by Crippen LogP contribution is 2.26. The molecule has 146 valence electrons. The molecule has 0 heterocycles. The van der Waals surface area contributed by atoms with Crippen LogP contribution in [0.1, 0.15) is 46.8 Å². The van der Waals surface area contributed by atoms with Gasteiger partial charge in [-0.15, -0.1) is 6.42 Å². The Labute approximate surface area is 172 Å². The highest BCUT2D eigenvalue weighted by Gasteiger charge is 2.16. The van der Waals surface area contributed by atoms with Gasteiger partial charge in [-0.2, -0.15) is 0 Å². The number of ketones is 1. The van der Waals surface area contributed by atoms with Crippen molar-refractivity contribution in [2.75, 3.05) is 11.9 Å². The summed E-state index contributed by atoms with van der Waals surface area (Å²) in [6, 6.07) is 23.3. The maximum atomic E-state index is 13.2. The first-order valence-electron chi connectivity index (χ1n) is 9.71. The Balaban J connectivity index is 1.89. The summed E-state index contributed by atoms with van der Waals surface area (Å²) in [7, 11) is 0. The fourth-order valence-electron chi connectivity index (χ4n) is 3.05. The van der Waals surface area contributed by atoms with Gasteiger partial charge in [-0.05, 0) is 35.2 Å². The quantitative estimate of drug-likeness (QED) is 0.403. The number of carbonyl (C=O) groups is 1. The number of anilines is 1. The monoisotopic (exact) mass is 383 g/mol. The van der Waals surface area contributed by atoms with Crippen LogP contribution in [0, 0.1) is 12.3 Å². The molecule has 0 bridgehead atoms. The van der Waals surface area contributed by atoms with Crippen molar-refractivity contribution in [2.45, 2.75) is 26.3 Å². The minimum Gasteiger partial charge on any atom is -0.481 e. The predicted octanol–water partition coefficient (Wildman–Crippen LogP) is 5.67. The number of hydrogen-bond donors (Lipinski definition) is 1. The lowest BCUT2D eigenvalue weighted by atomic mass is 9.97. The SMILES string of the molecule is C#CCOc1ccc(NCc2ccccc2)c(C(=O)c2ccc(C(C)C)cc2)c1. The standard InChI is InChI=1S/C26H25NO2/c1-4-16-29-23-14-15-25(27-18-20-8-6-5-7-9-20)24(17-23)26(28)22-12-10-21(11-13-22)19(2)3/h1,5-15,17,19,27H,16,18H2,2-3H3. The van der Waals surface area contributed by atoms with E-state index in [1.165, 1.54) is 5.56 Å². The number of rotatable bonds is 8. The van der Waals surface area contributed by atoms with E-state index in [-0.39, 0.29) is 12.4 Å². The van der Waals surface area contributed by atoms with Gasteiger partial charge in [-0.3, -0.25) is 4.79 Å². The Bertz CT molecular complexity index is 999. The third-order valence-corrected chi connectivity index (χ3v) is 4.72. The molecule has 3 aromatic rings. The maximum Gasteiger partial charge on any atom is 0.195 e. The molecule has 0 aromatic heterocycles. The van der Waals surface area contributed by atoms with Gasteiger partial charge in [0.1, 0.15) is 12.4 Å². The molecule has 0 aliphatic rings. The highest BCUT2D eigenvalue weighted by atomic mass is 16.5. The molecule has 0 aliphatic heterocycles. The minimum atomic E-state index is -0.0537. The Morgan fingerprint density at radius 1 is 1.03 bits per heavy atom. The second-order valence-corrected chi connectivity index (χ2v) is 7.15. The predicted molar refractivity (Wildman–Crippen MR) is 119 cm³/mol. The summed E-state index contributed by atoms with van der Waals surface area (Å²) >= 11 is 0. The third kappa shape index (κ3) is 5.27. The van der Waals surface area contributed by atoms with Gasteiger partial charge in [0.2, 0.25) is 0 Å². The van der Waals surface area contributed by atoms with E-state index in [0.29, 0.717) is 29.3 Å². The van der Waals surface area contributed by atoms with Gasteiger partial charge in [0.15, 0.2) is 5.78 Å². The first kappa shape index (κ1) is 20.2. The van der Waals surface area contributed by atoms with Crippen LogP contribution in [0.25, 0.3) is 0 Å². The smallest absolute Gasteiger partial charge is 0.195 e.